The van der Waals surface area contributed by atoms with Gasteiger partial charge in [0.25, 0.3) is 5.91 Å². The number of piperidine rings is 1. The molecule has 3 nitrogen and oxygen atoms in total. The molecule has 1 aliphatic carbocycles. The first kappa shape index (κ1) is 16.1. The second kappa shape index (κ2) is 6.49. The number of hydrogen-bond donors (Lipinski definition) is 1. The van der Waals surface area contributed by atoms with E-state index in [4.69, 9.17) is 0 Å². The summed E-state index contributed by atoms with van der Waals surface area (Å²) in [6, 6.07) is 19.3. The summed E-state index contributed by atoms with van der Waals surface area (Å²) < 4.78 is 0. The van der Waals surface area contributed by atoms with Crippen LogP contribution < -0.4 is 0 Å². The lowest BCUT2D eigenvalue weighted by Crippen LogP contribution is -2.51. The third-order valence-electron chi connectivity index (χ3n) is 5.55. The molecule has 1 saturated heterocycles. The van der Waals surface area contributed by atoms with Gasteiger partial charge in [-0.2, -0.15) is 0 Å². The Bertz CT molecular complexity index is 784. The van der Waals surface area contributed by atoms with Gasteiger partial charge in [0.05, 0.1) is 5.60 Å². The summed E-state index contributed by atoms with van der Waals surface area (Å²) in [7, 11) is 0. The van der Waals surface area contributed by atoms with Crippen molar-refractivity contribution in [1.82, 2.24) is 4.90 Å². The molecule has 25 heavy (non-hydrogen) atoms. The third-order valence-corrected chi connectivity index (χ3v) is 5.55. The average Bonchev–Trinajstić information content (AvgIpc) is 2.69. The largest absolute Gasteiger partial charge is 0.384 e. The minimum Gasteiger partial charge on any atom is -0.384 e. The summed E-state index contributed by atoms with van der Waals surface area (Å²) in [5.74, 6) is 0.0129. The standard InChI is InChI=1S/C22H23NO2/c24-21(17-9-3-1-4-10-17)23-16-15-22(25,18-11-5-2-6-12-18)19-13-7-8-14-20(19)23/h1-6,9-12,14,19,25H,7-8,13,15-16H2. The summed E-state index contributed by atoms with van der Waals surface area (Å²) in [4.78, 5) is 14.9. The molecule has 0 radical (unpaired) electrons. The van der Waals surface area contributed by atoms with E-state index in [0.717, 1.165) is 30.5 Å². The molecule has 1 aliphatic heterocycles. The van der Waals surface area contributed by atoms with Gasteiger partial charge in [-0.1, -0.05) is 54.6 Å². The highest BCUT2D eigenvalue weighted by Gasteiger charge is 2.47. The quantitative estimate of drug-likeness (QED) is 0.899. The molecule has 2 aromatic carbocycles. The highest BCUT2D eigenvalue weighted by Crippen LogP contribution is 2.47. The molecule has 128 valence electrons. The van der Waals surface area contributed by atoms with Crippen LogP contribution in [0, 0.1) is 5.92 Å². The van der Waals surface area contributed by atoms with Gasteiger partial charge in [-0.15, -0.1) is 0 Å². The highest BCUT2D eigenvalue weighted by molar-refractivity contribution is 5.95. The molecule has 2 aromatic rings. The first-order chi connectivity index (χ1) is 12.2. The van der Waals surface area contributed by atoms with Gasteiger partial charge in [-0.3, -0.25) is 4.79 Å². The van der Waals surface area contributed by atoms with Gasteiger partial charge in [0.1, 0.15) is 0 Å². The monoisotopic (exact) mass is 333 g/mol. The number of carbonyl (C=O) groups excluding carboxylic acids is 1. The number of rotatable bonds is 2. The zero-order valence-electron chi connectivity index (χ0n) is 14.3. The van der Waals surface area contributed by atoms with E-state index >= 15 is 0 Å². The van der Waals surface area contributed by atoms with Crippen molar-refractivity contribution in [2.75, 3.05) is 6.54 Å². The van der Waals surface area contributed by atoms with Gasteiger partial charge in [0.15, 0.2) is 0 Å². The lowest BCUT2D eigenvalue weighted by atomic mass is 9.70. The van der Waals surface area contributed by atoms with Crippen LogP contribution in [-0.2, 0) is 5.60 Å². The van der Waals surface area contributed by atoms with Gasteiger partial charge >= 0.3 is 0 Å². The van der Waals surface area contributed by atoms with Crippen LogP contribution in [0.1, 0.15) is 41.6 Å². The number of hydrogen-bond acceptors (Lipinski definition) is 2. The minimum absolute atomic E-state index is 0.0231. The number of fused-ring (bicyclic) bond motifs is 1. The van der Waals surface area contributed by atoms with Crippen LogP contribution in [0.3, 0.4) is 0 Å². The SMILES string of the molecule is O=C(c1ccccc1)N1CCC(O)(c2ccccc2)C2CCCC=C21. The van der Waals surface area contributed by atoms with Crippen LogP contribution in [0.4, 0.5) is 0 Å². The lowest BCUT2D eigenvalue weighted by molar-refractivity contribution is -0.0561. The first-order valence-electron chi connectivity index (χ1n) is 9.05. The topological polar surface area (TPSA) is 40.5 Å². The fraction of sp³-hybridized carbons (Fsp3) is 0.318. The van der Waals surface area contributed by atoms with Crippen molar-refractivity contribution in [3.05, 3.63) is 83.6 Å². The molecule has 0 aromatic heterocycles. The molecule has 2 aliphatic rings. The highest BCUT2D eigenvalue weighted by atomic mass is 16.3. The molecule has 1 N–H and O–H groups in total. The Hall–Kier alpha value is -2.39. The number of nitrogens with zero attached hydrogens (tertiary/aromatic N) is 1. The number of aliphatic hydroxyl groups is 1. The molecule has 0 bridgehead atoms. The molecular formula is C22H23NO2. The fourth-order valence-corrected chi connectivity index (χ4v) is 4.26. The maximum absolute atomic E-state index is 13.0. The van der Waals surface area contributed by atoms with Crippen molar-refractivity contribution in [2.45, 2.75) is 31.3 Å². The Morgan fingerprint density at radius 3 is 2.44 bits per heavy atom. The molecule has 0 saturated carbocycles. The fourth-order valence-electron chi connectivity index (χ4n) is 4.26. The summed E-state index contributed by atoms with van der Waals surface area (Å²) in [5.41, 5.74) is 1.77. The van der Waals surface area contributed by atoms with Crippen molar-refractivity contribution in [3.8, 4) is 0 Å². The predicted octanol–water partition coefficient (Wildman–Crippen LogP) is 4.10. The van der Waals surface area contributed by atoms with Gasteiger partial charge in [-0.25, -0.2) is 0 Å². The molecule has 4 rings (SSSR count). The van der Waals surface area contributed by atoms with Crippen LogP contribution in [0.25, 0.3) is 0 Å². The maximum atomic E-state index is 13.0. The smallest absolute Gasteiger partial charge is 0.258 e. The molecule has 2 atom stereocenters. The van der Waals surface area contributed by atoms with E-state index in [9.17, 15) is 9.90 Å². The summed E-state index contributed by atoms with van der Waals surface area (Å²) in [6.07, 6.45) is 5.65. The van der Waals surface area contributed by atoms with Crippen molar-refractivity contribution in [1.29, 1.82) is 0 Å². The number of benzene rings is 2. The number of carbonyl (C=O) groups is 1. The van der Waals surface area contributed by atoms with E-state index in [1.54, 1.807) is 0 Å². The Labute approximate surface area is 148 Å². The van der Waals surface area contributed by atoms with E-state index in [-0.39, 0.29) is 11.8 Å². The van der Waals surface area contributed by atoms with E-state index in [0.29, 0.717) is 18.5 Å². The Morgan fingerprint density at radius 2 is 1.72 bits per heavy atom. The van der Waals surface area contributed by atoms with Crippen LogP contribution >= 0.6 is 0 Å². The molecule has 1 heterocycles. The van der Waals surface area contributed by atoms with Gasteiger partial charge in [0.2, 0.25) is 0 Å². The zero-order valence-corrected chi connectivity index (χ0v) is 14.3. The minimum atomic E-state index is -0.888. The summed E-state index contributed by atoms with van der Waals surface area (Å²) in [6.45, 7) is 0.543. The summed E-state index contributed by atoms with van der Waals surface area (Å²) in [5, 5.41) is 11.5. The summed E-state index contributed by atoms with van der Waals surface area (Å²) >= 11 is 0. The van der Waals surface area contributed by atoms with Gasteiger partial charge in [-0.05, 0) is 43.4 Å². The number of amides is 1. The molecule has 2 unspecified atom stereocenters. The second-order valence-corrected chi connectivity index (χ2v) is 6.98. The average molecular weight is 333 g/mol. The molecule has 1 fully saturated rings. The van der Waals surface area contributed by atoms with Crippen molar-refractivity contribution in [2.24, 2.45) is 5.92 Å². The zero-order chi connectivity index (χ0) is 17.3. The van der Waals surface area contributed by atoms with E-state index in [2.05, 4.69) is 6.08 Å². The van der Waals surface area contributed by atoms with Crippen LogP contribution in [-0.4, -0.2) is 22.5 Å². The van der Waals surface area contributed by atoms with E-state index in [1.807, 2.05) is 65.6 Å². The molecule has 3 heteroatoms. The number of likely N-dealkylation sites (tertiary alicyclic amines) is 1. The van der Waals surface area contributed by atoms with E-state index < -0.39 is 5.60 Å². The van der Waals surface area contributed by atoms with Crippen molar-refractivity contribution >= 4 is 5.91 Å². The molecular weight excluding hydrogens is 310 g/mol. The molecule has 1 amide bonds. The van der Waals surface area contributed by atoms with Crippen LogP contribution in [0.15, 0.2) is 72.4 Å². The lowest BCUT2D eigenvalue weighted by Gasteiger charge is -2.48. The van der Waals surface area contributed by atoms with E-state index in [1.165, 1.54) is 0 Å². The third kappa shape index (κ3) is 2.79. The van der Waals surface area contributed by atoms with Gasteiger partial charge < -0.3 is 10.0 Å². The van der Waals surface area contributed by atoms with Crippen molar-refractivity contribution in [3.63, 3.8) is 0 Å². The first-order valence-corrected chi connectivity index (χ1v) is 9.05. The Morgan fingerprint density at radius 1 is 1.04 bits per heavy atom. The normalized spacial score (nSPS) is 25.9. The van der Waals surface area contributed by atoms with Crippen LogP contribution in [0.2, 0.25) is 0 Å². The predicted molar refractivity (Wildman–Crippen MR) is 97.9 cm³/mol. The maximum Gasteiger partial charge on any atom is 0.258 e. The Kier molecular flexibility index (Phi) is 4.18. The Balaban J connectivity index is 1.69. The second-order valence-electron chi connectivity index (χ2n) is 6.98. The molecule has 0 spiro atoms. The van der Waals surface area contributed by atoms with Crippen molar-refractivity contribution < 1.29 is 9.90 Å². The van der Waals surface area contributed by atoms with Gasteiger partial charge in [0, 0.05) is 23.7 Å². The van der Waals surface area contributed by atoms with Crippen LogP contribution in [0.5, 0.6) is 0 Å². The number of allylic oxidation sites excluding steroid dienone is 1.